The molecule has 0 saturated heterocycles. The molecular formula is C14H19NO3. The normalized spacial score (nSPS) is 11.1. The van der Waals surface area contributed by atoms with Gasteiger partial charge < -0.3 is 10.4 Å². The molecule has 0 heterocycles. The van der Waals surface area contributed by atoms with Crippen molar-refractivity contribution in [3.05, 3.63) is 35.4 Å². The van der Waals surface area contributed by atoms with E-state index in [-0.39, 0.29) is 12.3 Å². The van der Waals surface area contributed by atoms with Gasteiger partial charge in [-0.25, -0.2) is 4.79 Å². The Kier molecular flexibility index (Phi) is 4.48. The van der Waals surface area contributed by atoms with Crippen molar-refractivity contribution >= 4 is 11.9 Å². The highest BCUT2D eigenvalue weighted by Crippen LogP contribution is 2.07. The molecule has 1 rings (SSSR count). The van der Waals surface area contributed by atoms with Crippen molar-refractivity contribution in [2.45, 2.75) is 39.2 Å². The van der Waals surface area contributed by atoms with Crippen LogP contribution in [0.15, 0.2) is 24.3 Å². The lowest BCUT2D eigenvalue weighted by Gasteiger charge is -2.20. The maximum Gasteiger partial charge on any atom is 0.328 e. The van der Waals surface area contributed by atoms with Crippen molar-refractivity contribution in [2.75, 3.05) is 0 Å². The van der Waals surface area contributed by atoms with E-state index in [0.717, 1.165) is 12.0 Å². The number of carboxylic acid groups (broad SMARTS) is 1. The highest BCUT2D eigenvalue weighted by Gasteiger charge is 2.28. The summed E-state index contributed by atoms with van der Waals surface area (Å²) in [5.74, 6) is -1.33. The summed E-state index contributed by atoms with van der Waals surface area (Å²) in [7, 11) is 0. The van der Waals surface area contributed by atoms with E-state index in [4.69, 9.17) is 5.11 Å². The maximum absolute atomic E-state index is 11.7. The van der Waals surface area contributed by atoms with Crippen LogP contribution in [0.4, 0.5) is 0 Å². The molecule has 0 atom stereocenters. The standard InChI is InChI=1S/C14H19NO3/c1-4-10-5-7-11(8-6-10)9-12(16)15-14(2,3)13(17)18/h5-8H,4,9H2,1-3H3,(H,15,16)(H,17,18). The summed E-state index contributed by atoms with van der Waals surface area (Å²) in [4.78, 5) is 22.6. The van der Waals surface area contributed by atoms with Crippen LogP contribution in [0, 0.1) is 0 Å². The molecule has 98 valence electrons. The first-order chi connectivity index (χ1) is 8.35. The zero-order chi connectivity index (χ0) is 13.8. The van der Waals surface area contributed by atoms with E-state index in [1.165, 1.54) is 19.4 Å². The molecule has 4 heteroatoms. The number of aliphatic carboxylic acids is 1. The minimum atomic E-state index is -1.24. The Morgan fingerprint density at radius 2 is 1.67 bits per heavy atom. The van der Waals surface area contributed by atoms with E-state index >= 15 is 0 Å². The van der Waals surface area contributed by atoms with Gasteiger partial charge in [0.15, 0.2) is 0 Å². The second-order valence-electron chi connectivity index (χ2n) is 4.83. The van der Waals surface area contributed by atoms with Crippen molar-refractivity contribution in [1.82, 2.24) is 5.32 Å². The molecule has 0 radical (unpaired) electrons. The zero-order valence-corrected chi connectivity index (χ0v) is 11.0. The van der Waals surface area contributed by atoms with E-state index in [9.17, 15) is 9.59 Å². The maximum atomic E-state index is 11.7. The molecule has 0 saturated carbocycles. The molecule has 0 bridgehead atoms. The molecule has 4 nitrogen and oxygen atoms in total. The largest absolute Gasteiger partial charge is 0.480 e. The average molecular weight is 249 g/mol. The summed E-state index contributed by atoms with van der Waals surface area (Å²) >= 11 is 0. The summed E-state index contributed by atoms with van der Waals surface area (Å²) in [5.41, 5.74) is 0.858. The van der Waals surface area contributed by atoms with Crippen LogP contribution in [0.25, 0.3) is 0 Å². The topological polar surface area (TPSA) is 66.4 Å². The van der Waals surface area contributed by atoms with Gasteiger partial charge in [0.05, 0.1) is 6.42 Å². The molecule has 1 amide bonds. The molecule has 0 fully saturated rings. The van der Waals surface area contributed by atoms with Gasteiger partial charge in [-0.3, -0.25) is 4.79 Å². The lowest BCUT2D eigenvalue weighted by Crippen LogP contribution is -2.50. The number of hydrogen-bond acceptors (Lipinski definition) is 2. The quantitative estimate of drug-likeness (QED) is 0.835. The number of benzene rings is 1. The number of carboxylic acids is 1. The minimum absolute atomic E-state index is 0.195. The Balaban J connectivity index is 2.62. The highest BCUT2D eigenvalue weighted by atomic mass is 16.4. The zero-order valence-electron chi connectivity index (χ0n) is 11.0. The second kappa shape index (κ2) is 5.67. The summed E-state index contributed by atoms with van der Waals surface area (Å²) in [6.07, 6.45) is 1.15. The number of amides is 1. The van der Waals surface area contributed by atoms with Crippen LogP contribution in [0.3, 0.4) is 0 Å². The van der Waals surface area contributed by atoms with Gasteiger partial charge in [0.25, 0.3) is 0 Å². The van der Waals surface area contributed by atoms with Gasteiger partial charge in [-0.1, -0.05) is 31.2 Å². The van der Waals surface area contributed by atoms with Gasteiger partial charge in [0.2, 0.25) is 5.91 Å². The molecule has 0 aliphatic rings. The molecule has 0 aliphatic heterocycles. The van der Waals surface area contributed by atoms with E-state index in [2.05, 4.69) is 12.2 Å². The average Bonchev–Trinajstić information content (AvgIpc) is 2.29. The number of carbonyl (C=O) groups is 2. The monoisotopic (exact) mass is 249 g/mol. The van der Waals surface area contributed by atoms with Crippen molar-refractivity contribution in [2.24, 2.45) is 0 Å². The molecule has 1 aromatic rings. The number of nitrogens with one attached hydrogen (secondary N) is 1. The Morgan fingerprint density at radius 1 is 1.17 bits per heavy atom. The van der Waals surface area contributed by atoms with Gasteiger partial charge in [0.1, 0.15) is 5.54 Å². The summed E-state index contributed by atoms with van der Waals surface area (Å²) in [6.45, 7) is 5.00. The van der Waals surface area contributed by atoms with Gasteiger partial charge in [-0.2, -0.15) is 0 Å². The van der Waals surface area contributed by atoms with Crippen LogP contribution >= 0.6 is 0 Å². The smallest absolute Gasteiger partial charge is 0.328 e. The molecule has 0 unspecified atom stereocenters. The molecule has 18 heavy (non-hydrogen) atoms. The third-order valence-corrected chi connectivity index (χ3v) is 2.78. The fourth-order valence-electron chi connectivity index (χ4n) is 1.52. The van der Waals surface area contributed by atoms with Crippen LogP contribution in [-0.2, 0) is 22.4 Å². The molecule has 0 aliphatic carbocycles. The number of rotatable bonds is 5. The van der Waals surface area contributed by atoms with Crippen LogP contribution in [0.5, 0.6) is 0 Å². The Morgan fingerprint density at radius 3 is 2.11 bits per heavy atom. The predicted molar refractivity (Wildman–Crippen MR) is 69.4 cm³/mol. The summed E-state index contributed by atoms with van der Waals surface area (Å²) in [6, 6.07) is 7.74. The predicted octanol–water partition coefficient (Wildman–Crippen LogP) is 1.77. The lowest BCUT2D eigenvalue weighted by molar-refractivity contribution is -0.145. The van der Waals surface area contributed by atoms with E-state index < -0.39 is 11.5 Å². The van der Waals surface area contributed by atoms with Crippen molar-refractivity contribution in [3.63, 3.8) is 0 Å². The molecule has 2 N–H and O–H groups in total. The Labute approximate surface area is 107 Å². The van der Waals surface area contributed by atoms with Crippen LogP contribution < -0.4 is 5.32 Å². The summed E-state index contributed by atoms with van der Waals surface area (Å²) in [5, 5.41) is 11.4. The van der Waals surface area contributed by atoms with Crippen LogP contribution in [0.2, 0.25) is 0 Å². The third-order valence-electron chi connectivity index (χ3n) is 2.78. The van der Waals surface area contributed by atoms with Crippen LogP contribution in [-0.4, -0.2) is 22.5 Å². The molecule has 1 aromatic carbocycles. The minimum Gasteiger partial charge on any atom is -0.480 e. The van der Waals surface area contributed by atoms with Crippen LogP contribution in [0.1, 0.15) is 31.9 Å². The molecule has 0 spiro atoms. The second-order valence-corrected chi connectivity index (χ2v) is 4.83. The van der Waals surface area contributed by atoms with E-state index in [0.29, 0.717) is 0 Å². The first kappa shape index (κ1) is 14.2. The fraction of sp³-hybridized carbons (Fsp3) is 0.429. The van der Waals surface area contributed by atoms with Gasteiger partial charge in [-0.15, -0.1) is 0 Å². The molecule has 0 aromatic heterocycles. The van der Waals surface area contributed by atoms with Crippen molar-refractivity contribution in [1.29, 1.82) is 0 Å². The van der Waals surface area contributed by atoms with Crippen molar-refractivity contribution in [3.8, 4) is 0 Å². The number of aryl methyl sites for hydroxylation is 1. The first-order valence-corrected chi connectivity index (χ1v) is 5.97. The Bertz CT molecular complexity index is 435. The fourth-order valence-corrected chi connectivity index (χ4v) is 1.52. The van der Waals surface area contributed by atoms with Gasteiger partial charge >= 0.3 is 5.97 Å². The van der Waals surface area contributed by atoms with Crippen molar-refractivity contribution < 1.29 is 14.7 Å². The lowest BCUT2D eigenvalue weighted by atomic mass is 10.0. The van der Waals surface area contributed by atoms with Gasteiger partial charge in [0, 0.05) is 0 Å². The third kappa shape index (κ3) is 3.87. The SMILES string of the molecule is CCc1ccc(CC(=O)NC(C)(C)C(=O)O)cc1. The van der Waals surface area contributed by atoms with E-state index in [1.807, 2.05) is 24.3 Å². The summed E-state index contributed by atoms with van der Waals surface area (Å²) < 4.78 is 0. The highest BCUT2D eigenvalue weighted by molar-refractivity contribution is 5.87. The number of carbonyl (C=O) groups excluding carboxylic acids is 1. The first-order valence-electron chi connectivity index (χ1n) is 5.97. The van der Waals surface area contributed by atoms with Gasteiger partial charge in [-0.05, 0) is 31.4 Å². The Hall–Kier alpha value is -1.84. The van der Waals surface area contributed by atoms with E-state index in [1.54, 1.807) is 0 Å². The number of hydrogen-bond donors (Lipinski definition) is 2. The molecular weight excluding hydrogens is 230 g/mol.